The van der Waals surface area contributed by atoms with Crippen molar-refractivity contribution in [3.8, 4) is 17.2 Å². The van der Waals surface area contributed by atoms with E-state index < -0.39 is 6.04 Å². The van der Waals surface area contributed by atoms with E-state index >= 15 is 0 Å². The van der Waals surface area contributed by atoms with Gasteiger partial charge in [0.2, 0.25) is 5.91 Å². The highest BCUT2D eigenvalue weighted by Gasteiger charge is 2.27. The summed E-state index contributed by atoms with van der Waals surface area (Å²) in [5, 5.41) is 9.65. The molecule has 0 aliphatic carbocycles. The van der Waals surface area contributed by atoms with E-state index in [1.165, 1.54) is 11.1 Å². The number of hydrogen-bond acceptors (Lipinski definition) is 3. The van der Waals surface area contributed by atoms with Crippen molar-refractivity contribution in [3.05, 3.63) is 94.0 Å². The molecule has 4 rings (SSSR count). The Morgan fingerprint density at radius 1 is 1.03 bits per heavy atom. The Labute approximate surface area is 175 Å². The van der Waals surface area contributed by atoms with Crippen molar-refractivity contribution in [2.45, 2.75) is 25.6 Å². The molecule has 1 unspecified atom stereocenters. The first-order valence-electron chi connectivity index (χ1n) is 9.45. The Bertz CT molecular complexity index is 1090. The first-order chi connectivity index (χ1) is 14.0. The summed E-state index contributed by atoms with van der Waals surface area (Å²) in [4.78, 5) is 14.6. The number of nitrogens with zero attached hydrogens (tertiary/aromatic N) is 2. The minimum Gasteiger partial charge on any atom is -0.333 e. The highest BCUT2D eigenvalue weighted by Crippen LogP contribution is 2.28. The van der Waals surface area contributed by atoms with Crippen LogP contribution in [0.1, 0.15) is 22.3 Å². The second-order valence-electron chi connectivity index (χ2n) is 7.27. The van der Waals surface area contributed by atoms with E-state index in [4.69, 9.17) is 22.6 Å². The van der Waals surface area contributed by atoms with Gasteiger partial charge in [-0.1, -0.05) is 60.1 Å². The third kappa shape index (κ3) is 4.02. The summed E-state index contributed by atoms with van der Waals surface area (Å²) in [6, 6.07) is 22.6. The predicted molar refractivity (Wildman–Crippen MR) is 114 cm³/mol. The monoisotopic (exact) mass is 401 g/mol. The van der Waals surface area contributed by atoms with Gasteiger partial charge in [-0.15, -0.1) is 0 Å². The number of nitriles is 1. The maximum atomic E-state index is 12.8. The summed E-state index contributed by atoms with van der Waals surface area (Å²) in [6.07, 6.45) is 0.378. The Kier molecular flexibility index (Phi) is 5.35. The smallest absolute Gasteiger partial charge is 0.240 e. The SMILES string of the molecule is N#Cc1cccc(-c2ccc(CC(N)C(=O)N3Cc4ccccc4C3)c(Cl)c2)c1. The maximum Gasteiger partial charge on any atom is 0.240 e. The third-order valence-corrected chi connectivity index (χ3v) is 5.64. The van der Waals surface area contributed by atoms with E-state index in [0.717, 1.165) is 16.7 Å². The van der Waals surface area contributed by atoms with Gasteiger partial charge in [-0.2, -0.15) is 5.26 Å². The second kappa shape index (κ2) is 8.08. The van der Waals surface area contributed by atoms with Gasteiger partial charge in [-0.3, -0.25) is 4.79 Å². The van der Waals surface area contributed by atoms with Crippen LogP contribution in [0, 0.1) is 11.3 Å². The lowest BCUT2D eigenvalue weighted by atomic mass is 9.99. The van der Waals surface area contributed by atoms with Gasteiger partial charge in [0, 0.05) is 18.1 Å². The van der Waals surface area contributed by atoms with Gasteiger partial charge in [0.15, 0.2) is 0 Å². The van der Waals surface area contributed by atoms with E-state index in [2.05, 4.69) is 6.07 Å². The number of rotatable bonds is 4. The van der Waals surface area contributed by atoms with E-state index in [1.807, 2.05) is 60.7 Å². The Hall–Kier alpha value is -3.13. The molecule has 0 spiro atoms. The fourth-order valence-electron chi connectivity index (χ4n) is 3.71. The summed E-state index contributed by atoms with van der Waals surface area (Å²) in [5.41, 5.74) is 11.9. The van der Waals surface area contributed by atoms with E-state index in [9.17, 15) is 4.79 Å². The number of carbonyl (C=O) groups excluding carboxylic acids is 1. The number of benzene rings is 3. The lowest BCUT2D eigenvalue weighted by Gasteiger charge is -2.21. The molecule has 29 heavy (non-hydrogen) atoms. The van der Waals surface area contributed by atoms with Gasteiger partial charge in [0.05, 0.1) is 17.7 Å². The quantitative estimate of drug-likeness (QED) is 0.708. The second-order valence-corrected chi connectivity index (χ2v) is 7.68. The predicted octanol–water partition coefficient (Wildman–Crippen LogP) is 4.29. The molecular formula is C24H20ClN3O. The first-order valence-corrected chi connectivity index (χ1v) is 9.83. The zero-order valence-electron chi connectivity index (χ0n) is 15.8. The topological polar surface area (TPSA) is 70.1 Å². The third-order valence-electron chi connectivity index (χ3n) is 5.29. The number of nitrogens with two attached hydrogens (primary N) is 1. The molecule has 0 saturated carbocycles. The van der Waals surface area contributed by atoms with Crippen LogP contribution in [0.2, 0.25) is 5.02 Å². The van der Waals surface area contributed by atoms with E-state index in [0.29, 0.717) is 30.1 Å². The molecule has 1 aliphatic heterocycles. The van der Waals surface area contributed by atoms with Crippen LogP contribution in [0.4, 0.5) is 0 Å². The van der Waals surface area contributed by atoms with Crippen molar-refractivity contribution in [3.63, 3.8) is 0 Å². The molecule has 1 atom stereocenters. The molecule has 2 N–H and O–H groups in total. The zero-order valence-corrected chi connectivity index (χ0v) is 16.6. The molecule has 1 amide bonds. The normalized spacial score (nSPS) is 13.6. The lowest BCUT2D eigenvalue weighted by Crippen LogP contribution is -2.42. The van der Waals surface area contributed by atoms with Crippen molar-refractivity contribution < 1.29 is 4.79 Å². The summed E-state index contributed by atoms with van der Waals surface area (Å²) in [5.74, 6) is -0.0666. The Morgan fingerprint density at radius 2 is 1.72 bits per heavy atom. The van der Waals surface area contributed by atoms with Crippen LogP contribution in [0.3, 0.4) is 0 Å². The van der Waals surface area contributed by atoms with Crippen molar-refractivity contribution in [1.29, 1.82) is 5.26 Å². The zero-order chi connectivity index (χ0) is 20.4. The molecule has 0 saturated heterocycles. The van der Waals surface area contributed by atoms with Gasteiger partial charge >= 0.3 is 0 Å². The maximum absolute atomic E-state index is 12.8. The Morgan fingerprint density at radius 3 is 2.38 bits per heavy atom. The van der Waals surface area contributed by atoms with Crippen LogP contribution in [0.25, 0.3) is 11.1 Å². The number of carbonyl (C=O) groups is 1. The molecule has 4 nitrogen and oxygen atoms in total. The summed E-state index contributed by atoms with van der Waals surface area (Å²) in [6.45, 7) is 1.20. The minimum absolute atomic E-state index is 0.0666. The van der Waals surface area contributed by atoms with Crippen LogP contribution in [0.5, 0.6) is 0 Å². The molecule has 0 aromatic heterocycles. The average molecular weight is 402 g/mol. The molecular weight excluding hydrogens is 382 g/mol. The number of amides is 1. The summed E-state index contributed by atoms with van der Waals surface area (Å²) < 4.78 is 0. The molecule has 1 aliphatic rings. The molecule has 0 bridgehead atoms. The Balaban J connectivity index is 1.47. The highest BCUT2D eigenvalue weighted by atomic mass is 35.5. The minimum atomic E-state index is -0.644. The van der Waals surface area contributed by atoms with E-state index in [1.54, 1.807) is 11.0 Å². The van der Waals surface area contributed by atoms with Crippen LogP contribution < -0.4 is 5.73 Å². The van der Waals surface area contributed by atoms with Crippen LogP contribution in [-0.4, -0.2) is 16.8 Å². The molecule has 3 aromatic rings. The molecule has 0 radical (unpaired) electrons. The standard InChI is InChI=1S/C24H20ClN3O/c25-22-11-18(17-7-3-4-16(10-17)13-26)8-9-19(22)12-23(27)24(29)28-14-20-5-1-2-6-21(20)15-28/h1-11,23H,12,14-15,27H2. The van der Waals surface area contributed by atoms with Crippen molar-refractivity contribution in [2.75, 3.05) is 0 Å². The largest absolute Gasteiger partial charge is 0.333 e. The molecule has 144 valence electrons. The van der Waals surface area contributed by atoms with Crippen LogP contribution >= 0.6 is 11.6 Å². The number of halogens is 1. The van der Waals surface area contributed by atoms with Gasteiger partial charge in [-0.25, -0.2) is 0 Å². The van der Waals surface area contributed by atoms with Crippen molar-refractivity contribution in [2.24, 2.45) is 5.73 Å². The highest BCUT2D eigenvalue weighted by molar-refractivity contribution is 6.31. The number of hydrogen-bond donors (Lipinski definition) is 1. The lowest BCUT2D eigenvalue weighted by molar-refractivity contribution is -0.133. The van der Waals surface area contributed by atoms with E-state index in [-0.39, 0.29) is 5.91 Å². The molecule has 0 fully saturated rings. The van der Waals surface area contributed by atoms with Crippen LogP contribution in [0.15, 0.2) is 66.7 Å². The van der Waals surface area contributed by atoms with Gasteiger partial charge < -0.3 is 10.6 Å². The molecule has 1 heterocycles. The van der Waals surface area contributed by atoms with Crippen molar-refractivity contribution >= 4 is 17.5 Å². The van der Waals surface area contributed by atoms with Gasteiger partial charge in [-0.05, 0) is 52.4 Å². The first kappa shape index (κ1) is 19.2. The van der Waals surface area contributed by atoms with Gasteiger partial charge in [0.25, 0.3) is 0 Å². The van der Waals surface area contributed by atoms with Gasteiger partial charge in [0.1, 0.15) is 0 Å². The fraction of sp³-hybridized carbons (Fsp3) is 0.167. The summed E-state index contributed by atoms with van der Waals surface area (Å²) in [7, 11) is 0. The molecule has 3 aromatic carbocycles. The molecule has 5 heteroatoms. The fourth-order valence-corrected chi connectivity index (χ4v) is 3.97. The van der Waals surface area contributed by atoms with Crippen LogP contribution in [-0.2, 0) is 24.3 Å². The number of fused-ring (bicyclic) bond motifs is 1. The average Bonchev–Trinajstić information content (AvgIpc) is 3.18. The summed E-state index contributed by atoms with van der Waals surface area (Å²) >= 11 is 6.49. The van der Waals surface area contributed by atoms with Crippen molar-refractivity contribution in [1.82, 2.24) is 4.90 Å².